The third kappa shape index (κ3) is 2.76. The topological polar surface area (TPSA) is 43.4 Å². The van der Waals surface area contributed by atoms with Crippen LogP contribution in [0.4, 0.5) is 0 Å². The number of ether oxygens (including phenoxy) is 1. The fourth-order valence-corrected chi connectivity index (χ4v) is 10.8. The minimum absolute atomic E-state index is 0.0367. The maximum Gasteiger partial charge on any atom is 0.312 e. The SMILES string of the molecule is COC(=O)[C@]12CC[C@@H](C)[C@H](C)[C@H]1C1=CC[C@H]3[C@@]4(C)CCC(=O)C(C)(C)[C@@H]4CC[C@@]3(C)[C@]1(C)CC2. The Kier molecular flexibility index (Phi) is 5.38. The van der Waals surface area contributed by atoms with Crippen LogP contribution in [-0.2, 0) is 14.3 Å². The van der Waals surface area contributed by atoms with Gasteiger partial charge < -0.3 is 4.74 Å². The molecule has 0 unspecified atom stereocenters. The molecular formula is C31H48O3. The van der Waals surface area contributed by atoms with Crippen LogP contribution in [0.3, 0.4) is 0 Å². The summed E-state index contributed by atoms with van der Waals surface area (Å²) in [6.07, 6.45) is 12.0. The summed E-state index contributed by atoms with van der Waals surface area (Å²) in [7, 11) is 1.59. The van der Waals surface area contributed by atoms with E-state index in [4.69, 9.17) is 4.74 Å². The number of hydrogen-bond acceptors (Lipinski definition) is 3. The average molecular weight is 469 g/mol. The van der Waals surface area contributed by atoms with Crippen LogP contribution in [0.2, 0.25) is 0 Å². The standard InChI is InChI=1S/C31H48O3/c1-19-11-16-31(26(33)34-8)18-17-29(6)21(25(31)20(19)2)9-10-23-28(5)14-13-24(32)27(3,4)22(28)12-15-30(23,29)7/h9,19-20,22-23,25H,10-18H2,1-8H3/t19-,20+,22+,23+,25+,28+,29-,30-,31+/m1/s1. The molecular weight excluding hydrogens is 420 g/mol. The van der Waals surface area contributed by atoms with Crippen molar-refractivity contribution >= 4 is 11.8 Å². The van der Waals surface area contributed by atoms with Gasteiger partial charge in [0, 0.05) is 11.8 Å². The summed E-state index contributed by atoms with van der Waals surface area (Å²) >= 11 is 0. The summed E-state index contributed by atoms with van der Waals surface area (Å²) in [5.74, 6) is 3.02. The van der Waals surface area contributed by atoms with Gasteiger partial charge in [0.15, 0.2) is 0 Å². The predicted molar refractivity (Wildman–Crippen MR) is 136 cm³/mol. The Labute approximate surface area is 207 Å². The zero-order valence-electron chi connectivity index (χ0n) is 23.1. The third-order valence-corrected chi connectivity index (χ3v) is 13.3. The van der Waals surface area contributed by atoms with E-state index in [1.165, 1.54) is 6.42 Å². The molecule has 3 heteroatoms. The van der Waals surface area contributed by atoms with Crippen molar-refractivity contribution in [3.63, 3.8) is 0 Å². The smallest absolute Gasteiger partial charge is 0.312 e. The molecule has 0 radical (unpaired) electrons. The molecule has 5 aliphatic rings. The van der Waals surface area contributed by atoms with Crippen molar-refractivity contribution < 1.29 is 14.3 Å². The summed E-state index contributed by atoms with van der Waals surface area (Å²) in [6.45, 7) is 16.9. The van der Waals surface area contributed by atoms with Crippen molar-refractivity contribution in [2.75, 3.05) is 7.11 Å². The van der Waals surface area contributed by atoms with Crippen molar-refractivity contribution in [1.29, 1.82) is 0 Å². The van der Waals surface area contributed by atoms with E-state index < -0.39 is 0 Å². The Morgan fingerprint density at radius 1 is 0.941 bits per heavy atom. The maximum absolute atomic E-state index is 13.4. The maximum atomic E-state index is 13.4. The Balaban J connectivity index is 1.62. The quantitative estimate of drug-likeness (QED) is 0.298. The number of fused-ring (bicyclic) bond motifs is 7. The van der Waals surface area contributed by atoms with E-state index >= 15 is 0 Å². The van der Waals surface area contributed by atoms with Crippen LogP contribution >= 0.6 is 0 Å². The number of Topliss-reactive ketones (excluding diaryl/α,β-unsaturated/α-hetero) is 1. The van der Waals surface area contributed by atoms with Gasteiger partial charge in [-0.25, -0.2) is 0 Å². The van der Waals surface area contributed by atoms with Gasteiger partial charge in [-0.15, -0.1) is 0 Å². The highest BCUT2D eigenvalue weighted by Crippen LogP contribution is 2.75. The van der Waals surface area contributed by atoms with Gasteiger partial charge >= 0.3 is 5.97 Å². The van der Waals surface area contributed by atoms with E-state index in [0.717, 1.165) is 51.4 Å². The Hall–Kier alpha value is -1.12. The first kappa shape index (κ1) is 24.6. The number of carbonyl (C=O) groups excluding carboxylic acids is 2. The van der Waals surface area contributed by atoms with Crippen molar-refractivity contribution in [2.45, 2.75) is 106 Å². The van der Waals surface area contributed by atoms with Gasteiger partial charge in [-0.1, -0.05) is 60.1 Å². The number of allylic oxidation sites excluding steroid dienone is 2. The predicted octanol–water partition coefficient (Wildman–Crippen LogP) is 7.39. The van der Waals surface area contributed by atoms with Crippen LogP contribution in [0.15, 0.2) is 11.6 Å². The van der Waals surface area contributed by atoms with Crippen LogP contribution in [0.1, 0.15) is 106 Å². The van der Waals surface area contributed by atoms with Crippen molar-refractivity contribution in [1.82, 2.24) is 0 Å². The lowest BCUT2D eigenvalue weighted by Crippen LogP contribution is -2.65. The molecule has 0 aliphatic heterocycles. The van der Waals surface area contributed by atoms with E-state index in [2.05, 4.69) is 54.5 Å². The number of ketones is 1. The van der Waals surface area contributed by atoms with Crippen molar-refractivity contribution in [2.24, 2.45) is 56.7 Å². The van der Waals surface area contributed by atoms with Gasteiger partial charge in [-0.2, -0.15) is 0 Å². The second kappa shape index (κ2) is 7.45. The van der Waals surface area contributed by atoms with E-state index in [1.54, 1.807) is 12.7 Å². The zero-order valence-corrected chi connectivity index (χ0v) is 23.1. The van der Waals surface area contributed by atoms with E-state index in [0.29, 0.717) is 35.4 Å². The van der Waals surface area contributed by atoms with Gasteiger partial charge in [0.05, 0.1) is 12.5 Å². The molecule has 0 aromatic heterocycles. The molecule has 0 spiro atoms. The number of methoxy groups -OCH3 is 1. The lowest BCUT2D eigenvalue weighted by molar-refractivity contribution is -0.191. The Morgan fingerprint density at radius 2 is 1.65 bits per heavy atom. The first-order chi connectivity index (χ1) is 15.8. The molecule has 3 nitrogen and oxygen atoms in total. The minimum atomic E-state index is -0.338. The lowest BCUT2D eigenvalue weighted by Gasteiger charge is -2.70. The molecule has 5 rings (SSSR count). The molecule has 0 aromatic carbocycles. The fourth-order valence-electron chi connectivity index (χ4n) is 10.8. The molecule has 4 saturated carbocycles. The van der Waals surface area contributed by atoms with Gasteiger partial charge in [-0.3, -0.25) is 9.59 Å². The lowest BCUT2D eigenvalue weighted by atomic mass is 9.33. The number of carbonyl (C=O) groups is 2. The van der Waals surface area contributed by atoms with Crippen LogP contribution in [0.25, 0.3) is 0 Å². The molecule has 0 heterocycles. The summed E-state index contributed by atoms with van der Waals surface area (Å²) in [6, 6.07) is 0. The monoisotopic (exact) mass is 468 g/mol. The first-order valence-electron chi connectivity index (χ1n) is 14.1. The highest BCUT2D eigenvalue weighted by molar-refractivity contribution is 5.85. The molecule has 5 aliphatic carbocycles. The Morgan fingerprint density at radius 3 is 2.32 bits per heavy atom. The molecule has 0 N–H and O–H groups in total. The second-order valence-electron chi connectivity index (χ2n) is 14.4. The summed E-state index contributed by atoms with van der Waals surface area (Å²) < 4.78 is 5.50. The largest absolute Gasteiger partial charge is 0.469 e. The molecule has 0 amide bonds. The third-order valence-electron chi connectivity index (χ3n) is 13.3. The van der Waals surface area contributed by atoms with Gasteiger partial charge in [0.1, 0.15) is 5.78 Å². The zero-order chi connectivity index (χ0) is 24.9. The van der Waals surface area contributed by atoms with Gasteiger partial charge in [0.2, 0.25) is 0 Å². The van der Waals surface area contributed by atoms with Crippen LogP contribution in [0.5, 0.6) is 0 Å². The highest BCUT2D eigenvalue weighted by Gasteiger charge is 2.69. The molecule has 34 heavy (non-hydrogen) atoms. The summed E-state index contributed by atoms with van der Waals surface area (Å²) in [4.78, 5) is 26.3. The van der Waals surface area contributed by atoms with Gasteiger partial charge in [-0.05, 0) is 97.2 Å². The molecule has 0 saturated heterocycles. The van der Waals surface area contributed by atoms with Crippen LogP contribution < -0.4 is 0 Å². The van der Waals surface area contributed by atoms with Crippen LogP contribution in [-0.4, -0.2) is 18.9 Å². The highest BCUT2D eigenvalue weighted by atomic mass is 16.5. The molecule has 0 aromatic rings. The van der Waals surface area contributed by atoms with E-state index in [9.17, 15) is 9.59 Å². The average Bonchev–Trinajstić information content (AvgIpc) is 2.79. The molecule has 9 atom stereocenters. The first-order valence-corrected chi connectivity index (χ1v) is 14.1. The minimum Gasteiger partial charge on any atom is -0.469 e. The van der Waals surface area contributed by atoms with E-state index in [-0.39, 0.29) is 33.0 Å². The van der Waals surface area contributed by atoms with Crippen molar-refractivity contribution in [3.05, 3.63) is 11.6 Å². The van der Waals surface area contributed by atoms with Crippen LogP contribution in [0, 0.1) is 56.7 Å². The fraction of sp³-hybridized carbons (Fsp3) is 0.871. The number of esters is 1. The summed E-state index contributed by atoms with van der Waals surface area (Å²) in [5.41, 5.74) is 1.58. The van der Waals surface area contributed by atoms with Gasteiger partial charge in [0.25, 0.3) is 0 Å². The van der Waals surface area contributed by atoms with E-state index in [1.807, 2.05) is 0 Å². The number of rotatable bonds is 1. The number of hydrogen-bond donors (Lipinski definition) is 0. The molecule has 190 valence electrons. The Bertz CT molecular complexity index is 931. The molecule has 0 bridgehead atoms. The van der Waals surface area contributed by atoms with Crippen molar-refractivity contribution in [3.8, 4) is 0 Å². The second-order valence-corrected chi connectivity index (χ2v) is 14.4. The molecule has 4 fully saturated rings. The normalized spacial score (nSPS) is 51.8. The summed E-state index contributed by atoms with van der Waals surface area (Å²) in [5, 5.41) is 0.